The van der Waals surface area contributed by atoms with Crippen LogP contribution in [0.25, 0.3) is 0 Å². The van der Waals surface area contributed by atoms with Gasteiger partial charge >= 0.3 is 10.8 Å². The predicted molar refractivity (Wildman–Crippen MR) is 151 cm³/mol. The largest absolute Gasteiger partial charge is 0.465 e. The van der Waals surface area contributed by atoms with E-state index in [0.717, 1.165) is 39.1 Å². The minimum Gasteiger partial charge on any atom is -0.465 e. The van der Waals surface area contributed by atoms with Crippen LogP contribution in [0.1, 0.15) is 49.6 Å². The van der Waals surface area contributed by atoms with E-state index >= 15 is 0 Å². The average molecular weight is 582 g/mol. The van der Waals surface area contributed by atoms with Gasteiger partial charge in [0.2, 0.25) is 11.8 Å². The van der Waals surface area contributed by atoms with E-state index in [1.807, 2.05) is 24.3 Å². The van der Waals surface area contributed by atoms with Crippen LogP contribution in [0.15, 0.2) is 58.4 Å². The molecule has 5 rings (SSSR count). The van der Waals surface area contributed by atoms with Gasteiger partial charge in [0.25, 0.3) is 5.69 Å². The number of imide groups is 1. The fourth-order valence-electron chi connectivity index (χ4n) is 5.12. The molecule has 0 saturated carbocycles. The maximum Gasteiger partial charge on any atom is 0.326 e. The molecule has 0 N–H and O–H groups in total. The molecule has 1 aromatic heterocycles. The molecule has 3 heterocycles. The van der Waals surface area contributed by atoms with Gasteiger partial charge in [0, 0.05) is 22.9 Å². The number of rotatable bonds is 6. The second-order valence-corrected chi connectivity index (χ2v) is 12.8. The molecule has 2 aromatic carbocycles. The zero-order valence-corrected chi connectivity index (χ0v) is 23.9. The molecule has 0 spiro atoms. The van der Waals surface area contributed by atoms with Crippen molar-refractivity contribution >= 4 is 52.3 Å². The Kier molecular flexibility index (Phi) is 7.17. The van der Waals surface area contributed by atoms with E-state index in [1.165, 1.54) is 28.8 Å². The molecule has 0 aliphatic carbocycles. The monoisotopic (exact) mass is 581 g/mol. The third kappa shape index (κ3) is 4.75. The summed E-state index contributed by atoms with van der Waals surface area (Å²) in [7, 11) is 0. The van der Waals surface area contributed by atoms with Crippen LogP contribution < -0.4 is 9.77 Å². The maximum atomic E-state index is 13.9. The summed E-state index contributed by atoms with van der Waals surface area (Å²) in [6, 6.07) is 13.1. The van der Waals surface area contributed by atoms with Crippen molar-refractivity contribution in [3.63, 3.8) is 0 Å². The van der Waals surface area contributed by atoms with Gasteiger partial charge in [0.15, 0.2) is 0 Å². The highest BCUT2D eigenvalue weighted by Crippen LogP contribution is 2.54. The van der Waals surface area contributed by atoms with Crippen molar-refractivity contribution in [2.75, 3.05) is 11.5 Å². The molecule has 12 heteroatoms. The molecule has 2 unspecified atom stereocenters. The number of thiazole rings is 1. The third-order valence-corrected chi connectivity index (χ3v) is 9.70. The molecule has 1 fully saturated rings. The van der Waals surface area contributed by atoms with Crippen LogP contribution in [0.5, 0.6) is 0 Å². The van der Waals surface area contributed by atoms with Crippen LogP contribution in [0, 0.1) is 16.0 Å². The van der Waals surface area contributed by atoms with Crippen LogP contribution >= 0.6 is 23.1 Å². The summed E-state index contributed by atoms with van der Waals surface area (Å²) in [5.74, 6) is -2.90. The molecule has 10 nitrogen and oxygen atoms in total. The molecule has 0 radical (unpaired) electrons. The molecule has 3 aromatic rings. The number of aromatic nitrogens is 1. The first-order valence-corrected chi connectivity index (χ1v) is 14.4. The van der Waals surface area contributed by atoms with Crippen LogP contribution in [0.3, 0.4) is 0 Å². The van der Waals surface area contributed by atoms with Gasteiger partial charge in [-0.2, -0.15) is 0 Å². The lowest BCUT2D eigenvalue weighted by Gasteiger charge is -2.31. The van der Waals surface area contributed by atoms with Gasteiger partial charge in [-0.25, -0.2) is 4.90 Å². The Labute approximate surface area is 238 Å². The van der Waals surface area contributed by atoms with E-state index in [-0.39, 0.29) is 34.8 Å². The van der Waals surface area contributed by atoms with Gasteiger partial charge in [0.05, 0.1) is 28.2 Å². The standard InChI is InChI=1S/C28H27N3O7S2/c1-5-38-19(32)14-29-26-23(40-27(29)35)20(15-6-8-16(9-7-15)28(2,3)4)21-22(39-26)25(34)30(24(21)33)17-10-12-18(13-11-17)31(36)37/h6-13,20-22H,5,14H2,1-4H3/t20-,21?,22?/m1/s1. The Morgan fingerprint density at radius 3 is 2.25 bits per heavy atom. The fraction of sp³-hybridized carbons (Fsp3) is 0.357. The molecule has 1 saturated heterocycles. The summed E-state index contributed by atoms with van der Waals surface area (Å²) in [6.45, 7) is 7.82. The number of amides is 2. The fourth-order valence-corrected chi connectivity index (χ4v) is 7.89. The third-order valence-electron chi connectivity index (χ3n) is 7.10. The van der Waals surface area contributed by atoms with Crippen LogP contribution in [-0.2, 0) is 31.1 Å². The van der Waals surface area contributed by atoms with Gasteiger partial charge in [-0.15, -0.1) is 0 Å². The molecule has 2 aliphatic rings. The smallest absolute Gasteiger partial charge is 0.326 e. The van der Waals surface area contributed by atoms with E-state index < -0.39 is 39.8 Å². The number of benzene rings is 2. The molecule has 0 bridgehead atoms. The lowest BCUT2D eigenvalue weighted by molar-refractivity contribution is -0.384. The van der Waals surface area contributed by atoms with E-state index in [0.29, 0.717) is 9.90 Å². The summed E-state index contributed by atoms with van der Waals surface area (Å²) >= 11 is 2.07. The normalized spacial score (nSPS) is 20.3. The van der Waals surface area contributed by atoms with E-state index in [1.54, 1.807) is 6.92 Å². The first-order valence-electron chi connectivity index (χ1n) is 12.7. The van der Waals surface area contributed by atoms with Crippen molar-refractivity contribution < 1.29 is 24.0 Å². The van der Waals surface area contributed by atoms with Crippen LogP contribution in [0.4, 0.5) is 11.4 Å². The molecule has 3 atom stereocenters. The number of ether oxygens (including phenoxy) is 1. The lowest BCUT2D eigenvalue weighted by atomic mass is 9.81. The number of hydrogen-bond acceptors (Lipinski definition) is 9. The molecular weight excluding hydrogens is 554 g/mol. The van der Waals surface area contributed by atoms with Gasteiger partial charge in [-0.1, -0.05) is 68.1 Å². The van der Waals surface area contributed by atoms with Crippen LogP contribution in [0.2, 0.25) is 0 Å². The number of anilines is 1. The summed E-state index contributed by atoms with van der Waals surface area (Å²) in [5.41, 5.74) is 1.85. The summed E-state index contributed by atoms with van der Waals surface area (Å²) < 4.78 is 6.38. The van der Waals surface area contributed by atoms with Gasteiger partial charge < -0.3 is 4.74 Å². The highest BCUT2D eigenvalue weighted by Gasteiger charge is 2.56. The number of carbonyl (C=O) groups excluding carboxylic acids is 3. The van der Waals surface area contributed by atoms with Crippen molar-refractivity contribution in [3.05, 3.63) is 84.3 Å². The summed E-state index contributed by atoms with van der Waals surface area (Å²) in [5, 5.41) is 10.7. The van der Waals surface area contributed by atoms with Gasteiger partial charge in [-0.05, 0) is 35.6 Å². The molecule has 208 valence electrons. The van der Waals surface area contributed by atoms with Gasteiger partial charge in [0.1, 0.15) is 11.8 Å². The minimum atomic E-state index is -0.857. The molecular formula is C28H27N3O7S2. The predicted octanol–water partition coefficient (Wildman–Crippen LogP) is 4.47. The average Bonchev–Trinajstić information content (AvgIpc) is 3.34. The zero-order chi connectivity index (χ0) is 28.9. The number of nitrogens with zero attached hydrogens (tertiary/aromatic N) is 3. The molecule has 2 aliphatic heterocycles. The number of esters is 1. The highest BCUT2D eigenvalue weighted by atomic mass is 32.2. The second-order valence-electron chi connectivity index (χ2n) is 10.6. The van der Waals surface area contributed by atoms with Crippen molar-refractivity contribution in [3.8, 4) is 0 Å². The van der Waals surface area contributed by atoms with Gasteiger partial charge in [-0.3, -0.25) is 33.9 Å². The van der Waals surface area contributed by atoms with E-state index in [9.17, 15) is 29.3 Å². The SMILES string of the molecule is CCOC(=O)Cn1c2c(sc1=O)[C@H](c1ccc(C(C)(C)C)cc1)C1C(=O)N(c3ccc([N+](=O)[O-])cc3)C(=O)C1S2. The maximum absolute atomic E-state index is 13.9. The second kappa shape index (κ2) is 10.3. The van der Waals surface area contributed by atoms with E-state index in [4.69, 9.17) is 4.74 Å². The Balaban J connectivity index is 1.62. The Hall–Kier alpha value is -3.77. The number of nitro groups is 1. The van der Waals surface area contributed by atoms with E-state index in [2.05, 4.69) is 20.8 Å². The summed E-state index contributed by atoms with van der Waals surface area (Å²) in [4.78, 5) is 65.0. The first kappa shape index (κ1) is 27.8. The van der Waals surface area contributed by atoms with Crippen molar-refractivity contribution in [1.82, 2.24) is 4.57 Å². The number of carbonyl (C=O) groups is 3. The zero-order valence-electron chi connectivity index (χ0n) is 22.3. The number of thioether (sulfide) groups is 1. The number of hydrogen-bond donors (Lipinski definition) is 0. The van der Waals surface area contributed by atoms with Crippen LogP contribution in [-0.4, -0.2) is 39.1 Å². The van der Waals surface area contributed by atoms with Crippen molar-refractivity contribution in [1.29, 1.82) is 0 Å². The summed E-state index contributed by atoms with van der Waals surface area (Å²) in [6.07, 6.45) is 0. The number of nitro benzene ring substituents is 1. The first-order chi connectivity index (χ1) is 18.9. The number of fused-ring (bicyclic) bond motifs is 2. The van der Waals surface area contributed by atoms with Crippen molar-refractivity contribution in [2.24, 2.45) is 5.92 Å². The Morgan fingerprint density at radius 2 is 1.68 bits per heavy atom. The molecule has 2 amide bonds. The molecule has 40 heavy (non-hydrogen) atoms. The highest BCUT2D eigenvalue weighted by molar-refractivity contribution is 8.00. The Bertz CT molecular complexity index is 1570. The minimum absolute atomic E-state index is 0.103. The number of non-ortho nitro benzene ring substituents is 1. The van der Waals surface area contributed by atoms with Crippen molar-refractivity contribution in [2.45, 2.75) is 55.8 Å². The topological polar surface area (TPSA) is 129 Å². The quantitative estimate of drug-likeness (QED) is 0.180. The lowest BCUT2D eigenvalue weighted by Crippen LogP contribution is -2.32. The Morgan fingerprint density at radius 1 is 1.02 bits per heavy atom.